The Balaban J connectivity index is 1.42. The van der Waals surface area contributed by atoms with E-state index in [1.54, 1.807) is 6.07 Å². The van der Waals surface area contributed by atoms with Crippen molar-refractivity contribution in [2.45, 2.75) is 6.54 Å². The minimum atomic E-state index is -0.499. The molecule has 0 unspecified atom stereocenters. The Bertz CT molecular complexity index is 689. The lowest BCUT2D eigenvalue weighted by molar-refractivity contribution is -0.402. The van der Waals surface area contributed by atoms with E-state index in [2.05, 4.69) is 34.1 Å². The topological polar surface area (TPSA) is 62.8 Å². The number of furan rings is 1. The first-order valence-electron chi connectivity index (χ1n) is 8.10. The van der Waals surface area contributed by atoms with Crippen molar-refractivity contribution >= 4 is 12.0 Å². The first kappa shape index (κ1) is 16.4. The van der Waals surface area contributed by atoms with Gasteiger partial charge in [-0.25, -0.2) is 0 Å². The first-order valence-corrected chi connectivity index (χ1v) is 8.10. The van der Waals surface area contributed by atoms with E-state index in [4.69, 9.17) is 4.42 Å². The Morgan fingerprint density at radius 1 is 1.04 bits per heavy atom. The predicted octanol–water partition coefficient (Wildman–Crippen LogP) is 3.02. The number of piperazine rings is 1. The normalized spacial score (nSPS) is 16.7. The fourth-order valence-corrected chi connectivity index (χ4v) is 2.80. The third kappa shape index (κ3) is 4.53. The van der Waals surface area contributed by atoms with E-state index in [1.807, 2.05) is 18.2 Å². The number of benzene rings is 1. The number of nitro groups is 1. The summed E-state index contributed by atoms with van der Waals surface area (Å²) in [6, 6.07) is 13.4. The van der Waals surface area contributed by atoms with E-state index in [0.29, 0.717) is 12.3 Å². The molecular weight excluding hydrogens is 306 g/mol. The Kier molecular flexibility index (Phi) is 5.40. The molecule has 0 amide bonds. The van der Waals surface area contributed by atoms with Gasteiger partial charge in [0.1, 0.15) is 10.7 Å². The molecular formula is C18H21N3O3. The maximum Gasteiger partial charge on any atom is 0.433 e. The van der Waals surface area contributed by atoms with Gasteiger partial charge in [-0.05, 0) is 11.6 Å². The zero-order valence-corrected chi connectivity index (χ0v) is 13.5. The van der Waals surface area contributed by atoms with Crippen LogP contribution < -0.4 is 0 Å². The van der Waals surface area contributed by atoms with Gasteiger partial charge in [0.05, 0.1) is 12.6 Å². The van der Waals surface area contributed by atoms with Crippen LogP contribution in [0, 0.1) is 10.1 Å². The summed E-state index contributed by atoms with van der Waals surface area (Å²) in [5, 5.41) is 10.6. The van der Waals surface area contributed by atoms with Gasteiger partial charge in [-0.3, -0.25) is 19.9 Å². The zero-order chi connectivity index (χ0) is 16.8. The van der Waals surface area contributed by atoms with Gasteiger partial charge in [-0.1, -0.05) is 42.5 Å². The largest absolute Gasteiger partial charge is 0.433 e. The highest BCUT2D eigenvalue weighted by molar-refractivity contribution is 5.48. The van der Waals surface area contributed by atoms with Gasteiger partial charge in [0.15, 0.2) is 0 Å². The number of rotatable bonds is 6. The molecule has 0 saturated carbocycles. The number of nitrogens with zero attached hydrogens (tertiary/aromatic N) is 3. The molecule has 1 aromatic carbocycles. The van der Waals surface area contributed by atoms with E-state index >= 15 is 0 Å². The average molecular weight is 327 g/mol. The summed E-state index contributed by atoms with van der Waals surface area (Å²) in [6.07, 6.45) is 4.34. The van der Waals surface area contributed by atoms with Crippen molar-refractivity contribution < 1.29 is 9.34 Å². The monoisotopic (exact) mass is 327 g/mol. The van der Waals surface area contributed by atoms with Gasteiger partial charge < -0.3 is 4.42 Å². The van der Waals surface area contributed by atoms with E-state index in [1.165, 1.54) is 11.6 Å². The van der Waals surface area contributed by atoms with E-state index < -0.39 is 4.92 Å². The van der Waals surface area contributed by atoms with Crippen molar-refractivity contribution in [2.75, 3.05) is 32.7 Å². The van der Waals surface area contributed by atoms with Crippen LogP contribution in [-0.2, 0) is 6.54 Å². The fourth-order valence-electron chi connectivity index (χ4n) is 2.80. The second-order valence-corrected chi connectivity index (χ2v) is 5.89. The van der Waals surface area contributed by atoms with Gasteiger partial charge in [0.2, 0.25) is 0 Å². The molecule has 1 saturated heterocycles. The molecule has 0 radical (unpaired) electrons. The van der Waals surface area contributed by atoms with Crippen LogP contribution in [0.1, 0.15) is 11.3 Å². The minimum Gasteiger partial charge on any atom is -0.404 e. The van der Waals surface area contributed by atoms with Crippen LogP contribution in [-0.4, -0.2) is 47.4 Å². The number of hydrogen-bond donors (Lipinski definition) is 0. The van der Waals surface area contributed by atoms with E-state index in [9.17, 15) is 10.1 Å². The van der Waals surface area contributed by atoms with Crippen LogP contribution in [0.3, 0.4) is 0 Å². The van der Waals surface area contributed by atoms with Crippen LogP contribution in [0.5, 0.6) is 0 Å². The Morgan fingerprint density at radius 3 is 2.42 bits per heavy atom. The maximum atomic E-state index is 10.6. The van der Waals surface area contributed by atoms with Gasteiger partial charge >= 0.3 is 5.88 Å². The highest BCUT2D eigenvalue weighted by Crippen LogP contribution is 2.17. The summed E-state index contributed by atoms with van der Waals surface area (Å²) in [5.74, 6) is 0.466. The lowest BCUT2D eigenvalue weighted by Crippen LogP contribution is -2.45. The fraction of sp³-hybridized carbons (Fsp3) is 0.333. The third-order valence-electron chi connectivity index (χ3n) is 4.15. The molecule has 1 aromatic heterocycles. The standard InChI is InChI=1S/C18H21N3O3/c22-21(23)18-9-8-17(24-18)15-20-13-11-19(12-14-20)10-4-7-16-5-2-1-3-6-16/h1-9H,10-15H2. The summed E-state index contributed by atoms with van der Waals surface area (Å²) >= 11 is 0. The summed E-state index contributed by atoms with van der Waals surface area (Å²) < 4.78 is 5.22. The zero-order valence-electron chi connectivity index (χ0n) is 13.5. The SMILES string of the molecule is O=[N+]([O-])c1ccc(CN2CCN(CC=Cc3ccccc3)CC2)o1. The first-order chi connectivity index (χ1) is 11.7. The lowest BCUT2D eigenvalue weighted by atomic mass is 10.2. The Labute approximate surface area is 141 Å². The second kappa shape index (κ2) is 7.90. The van der Waals surface area contributed by atoms with Crippen molar-refractivity contribution in [3.63, 3.8) is 0 Å². The van der Waals surface area contributed by atoms with Crippen LogP contribution in [0.15, 0.2) is 53.0 Å². The molecule has 24 heavy (non-hydrogen) atoms. The molecule has 126 valence electrons. The molecule has 6 heteroatoms. The molecule has 6 nitrogen and oxygen atoms in total. The van der Waals surface area contributed by atoms with Crippen LogP contribution in [0.4, 0.5) is 5.88 Å². The van der Waals surface area contributed by atoms with Crippen molar-refractivity contribution in [2.24, 2.45) is 0 Å². The molecule has 3 rings (SSSR count). The van der Waals surface area contributed by atoms with Crippen molar-refractivity contribution in [1.29, 1.82) is 0 Å². The molecule has 0 atom stereocenters. The number of hydrogen-bond acceptors (Lipinski definition) is 5. The maximum absolute atomic E-state index is 10.6. The van der Waals surface area contributed by atoms with Gasteiger partial charge in [-0.2, -0.15) is 0 Å². The average Bonchev–Trinajstić information content (AvgIpc) is 3.06. The van der Waals surface area contributed by atoms with Crippen molar-refractivity contribution in [1.82, 2.24) is 9.80 Å². The summed E-state index contributed by atoms with van der Waals surface area (Å²) in [5.41, 5.74) is 1.22. The highest BCUT2D eigenvalue weighted by atomic mass is 16.6. The molecule has 0 spiro atoms. The summed E-state index contributed by atoms with van der Waals surface area (Å²) in [7, 11) is 0. The molecule has 2 heterocycles. The molecule has 1 fully saturated rings. The van der Waals surface area contributed by atoms with E-state index in [-0.39, 0.29) is 5.88 Å². The highest BCUT2D eigenvalue weighted by Gasteiger charge is 2.19. The van der Waals surface area contributed by atoms with Crippen LogP contribution >= 0.6 is 0 Å². The van der Waals surface area contributed by atoms with Crippen molar-refractivity contribution in [3.05, 3.63) is 70.0 Å². The van der Waals surface area contributed by atoms with Crippen LogP contribution in [0.2, 0.25) is 0 Å². The van der Waals surface area contributed by atoms with Gasteiger partial charge in [-0.15, -0.1) is 0 Å². The second-order valence-electron chi connectivity index (χ2n) is 5.89. The smallest absolute Gasteiger partial charge is 0.404 e. The Hall–Kier alpha value is -2.44. The summed E-state index contributed by atoms with van der Waals surface area (Å²) in [4.78, 5) is 14.8. The molecule has 0 N–H and O–H groups in total. The molecule has 1 aliphatic heterocycles. The minimum absolute atomic E-state index is 0.185. The Morgan fingerprint density at radius 2 is 1.75 bits per heavy atom. The summed E-state index contributed by atoms with van der Waals surface area (Å²) in [6.45, 7) is 5.42. The molecule has 0 bridgehead atoms. The van der Waals surface area contributed by atoms with Gasteiger partial charge in [0, 0.05) is 32.7 Å². The van der Waals surface area contributed by atoms with E-state index in [0.717, 1.165) is 32.7 Å². The molecule has 0 aliphatic carbocycles. The third-order valence-corrected chi connectivity index (χ3v) is 4.15. The lowest BCUT2D eigenvalue weighted by Gasteiger charge is -2.33. The van der Waals surface area contributed by atoms with Crippen LogP contribution in [0.25, 0.3) is 6.08 Å². The van der Waals surface area contributed by atoms with Gasteiger partial charge in [0.25, 0.3) is 0 Å². The predicted molar refractivity (Wildman–Crippen MR) is 92.6 cm³/mol. The molecule has 2 aromatic rings. The van der Waals surface area contributed by atoms with Crippen molar-refractivity contribution in [3.8, 4) is 0 Å². The quantitative estimate of drug-likeness (QED) is 0.603. The molecule has 1 aliphatic rings.